The first kappa shape index (κ1) is 15.8. The van der Waals surface area contributed by atoms with Crippen LogP contribution in [0.25, 0.3) is 0 Å². The molecule has 1 N–H and O–H groups in total. The number of aliphatic carboxylic acids is 1. The number of likely N-dealkylation sites (tertiary alicyclic amines) is 1. The molecule has 1 aliphatic heterocycles. The number of amides is 1. The zero-order chi connectivity index (χ0) is 15.6. The molecule has 1 aliphatic rings. The van der Waals surface area contributed by atoms with Crippen LogP contribution < -0.4 is 4.74 Å². The standard InChI is InChI=1S/C15H18BrNO4/c1-9-12(15(19)20)5-6-17(9)14(18)8-10-7-11(16)3-4-13(10)21-2/h3-4,7,9,12H,5-6,8H2,1-2H3,(H,19,20). The largest absolute Gasteiger partial charge is 0.496 e. The lowest BCUT2D eigenvalue weighted by atomic mass is 10.0. The summed E-state index contributed by atoms with van der Waals surface area (Å²) in [7, 11) is 1.57. The van der Waals surface area contributed by atoms with Gasteiger partial charge in [-0.05, 0) is 31.5 Å². The summed E-state index contributed by atoms with van der Waals surface area (Å²) in [5.74, 6) is -0.716. The molecule has 0 spiro atoms. The smallest absolute Gasteiger partial charge is 0.308 e. The van der Waals surface area contributed by atoms with Crippen LogP contribution in [0.5, 0.6) is 5.75 Å². The molecule has 0 bridgehead atoms. The third-order valence-corrected chi connectivity index (χ3v) is 4.47. The number of ether oxygens (including phenoxy) is 1. The molecule has 1 aromatic carbocycles. The van der Waals surface area contributed by atoms with E-state index in [4.69, 9.17) is 9.84 Å². The van der Waals surface area contributed by atoms with Gasteiger partial charge in [-0.3, -0.25) is 9.59 Å². The maximum absolute atomic E-state index is 12.4. The molecule has 0 saturated carbocycles. The van der Waals surface area contributed by atoms with Crippen LogP contribution in [-0.2, 0) is 16.0 Å². The quantitative estimate of drug-likeness (QED) is 0.899. The molecule has 0 radical (unpaired) electrons. The minimum Gasteiger partial charge on any atom is -0.496 e. The van der Waals surface area contributed by atoms with E-state index >= 15 is 0 Å². The average Bonchev–Trinajstić information content (AvgIpc) is 2.81. The molecule has 1 aromatic rings. The summed E-state index contributed by atoms with van der Waals surface area (Å²) in [6.45, 7) is 2.29. The van der Waals surface area contributed by atoms with Crippen LogP contribution >= 0.6 is 15.9 Å². The molecule has 0 aliphatic carbocycles. The van der Waals surface area contributed by atoms with Gasteiger partial charge in [-0.25, -0.2) is 0 Å². The number of benzene rings is 1. The monoisotopic (exact) mass is 355 g/mol. The van der Waals surface area contributed by atoms with E-state index in [0.29, 0.717) is 18.7 Å². The van der Waals surface area contributed by atoms with Crippen molar-refractivity contribution in [2.75, 3.05) is 13.7 Å². The SMILES string of the molecule is COc1ccc(Br)cc1CC(=O)N1CCC(C(=O)O)C1C. The van der Waals surface area contributed by atoms with Gasteiger partial charge in [-0.2, -0.15) is 0 Å². The predicted molar refractivity (Wildman–Crippen MR) is 81.3 cm³/mol. The Morgan fingerprint density at radius 1 is 1.48 bits per heavy atom. The molecule has 1 fully saturated rings. The number of carboxylic acids is 1. The summed E-state index contributed by atoms with van der Waals surface area (Å²) in [6, 6.07) is 5.24. The highest BCUT2D eigenvalue weighted by molar-refractivity contribution is 9.10. The van der Waals surface area contributed by atoms with Crippen LogP contribution in [0.3, 0.4) is 0 Å². The van der Waals surface area contributed by atoms with Crippen molar-refractivity contribution in [3.05, 3.63) is 28.2 Å². The highest BCUT2D eigenvalue weighted by Gasteiger charge is 2.38. The van der Waals surface area contributed by atoms with Crippen molar-refractivity contribution in [3.8, 4) is 5.75 Å². The molecule has 2 rings (SSSR count). The molecule has 1 amide bonds. The van der Waals surface area contributed by atoms with Crippen LogP contribution in [0.4, 0.5) is 0 Å². The van der Waals surface area contributed by atoms with Crippen molar-refractivity contribution in [3.63, 3.8) is 0 Å². The molecule has 6 heteroatoms. The summed E-state index contributed by atoms with van der Waals surface area (Å²) < 4.78 is 6.14. The van der Waals surface area contributed by atoms with Gasteiger partial charge in [0.1, 0.15) is 5.75 Å². The Labute approximate surface area is 132 Å². The Morgan fingerprint density at radius 2 is 2.19 bits per heavy atom. The van der Waals surface area contributed by atoms with E-state index in [-0.39, 0.29) is 18.4 Å². The fraction of sp³-hybridized carbons (Fsp3) is 0.467. The molecule has 2 atom stereocenters. The van der Waals surface area contributed by atoms with Gasteiger partial charge in [0.05, 0.1) is 19.4 Å². The Kier molecular flexibility index (Phi) is 4.88. The van der Waals surface area contributed by atoms with Crippen molar-refractivity contribution >= 4 is 27.8 Å². The van der Waals surface area contributed by atoms with Crippen molar-refractivity contribution < 1.29 is 19.4 Å². The van der Waals surface area contributed by atoms with E-state index in [1.807, 2.05) is 12.1 Å². The summed E-state index contributed by atoms with van der Waals surface area (Å²) in [6.07, 6.45) is 0.719. The fourth-order valence-corrected chi connectivity index (χ4v) is 3.18. The van der Waals surface area contributed by atoms with Crippen molar-refractivity contribution in [2.24, 2.45) is 5.92 Å². The predicted octanol–water partition coefficient (Wildman–Crippen LogP) is 2.32. The summed E-state index contributed by atoms with van der Waals surface area (Å²) in [5.41, 5.74) is 0.794. The second-order valence-corrected chi connectivity index (χ2v) is 6.11. The minimum atomic E-state index is -0.835. The van der Waals surface area contributed by atoms with E-state index in [9.17, 15) is 9.59 Å². The Hall–Kier alpha value is -1.56. The Balaban J connectivity index is 2.12. The lowest BCUT2D eigenvalue weighted by Gasteiger charge is -2.23. The van der Waals surface area contributed by atoms with Crippen LogP contribution in [0.1, 0.15) is 18.9 Å². The number of hydrogen-bond acceptors (Lipinski definition) is 3. The topological polar surface area (TPSA) is 66.8 Å². The second-order valence-electron chi connectivity index (χ2n) is 5.19. The van der Waals surface area contributed by atoms with Crippen molar-refractivity contribution in [2.45, 2.75) is 25.8 Å². The molecule has 21 heavy (non-hydrogen) atoms. The van der Waals surface area contributed by atoms with Crippen molar-refractivity contribution in [1.29, 1.82) is 0 Å². The highest BCUT2D eigenvalue weighted by Crippen LogP contribution is 2.28. The van der Waals surface area contributed by atoms with E-state index in [2.05, 4.69) is 15.9 Å². The molecule has 1 heterocycles. The van der Waals surface area contributed by atoms with Gasteiger partial charge in [0, 0.05) is 22.6 Å². The lowest BCUT2D eigenvalue weighted by molar-refractivity contribution is -0.143. The number of rotatable bonds is 4. The molecule has 0 aromatic heterocycles. The lowest BCUT2D eigenvalue weighted by Crippen LogP contribution is -2.38. The zero-order valence-corrected chi connectivity index (χ0v) is 13.6. The minimum absolute atomic E-state index is 0.0670. The van der Waals surface area contributed by atoms with Gasteiger partial charge in [-0.1, -0.05) is 15.9 Å². The molecule has 1 saturated heterocycles. The number of hydrogen-bond donors (Lipinski definition) is 1. The maximum atomic E-state index is 12.4. The van der Waals surface area contributed by atoms with Gasteiger partial charge in [0.15, 0.2) is 0 Å². The van der Waals surface area contributed by atoms with Crippen LogP contribution in [0.15, 0.2) is 22.7 Å². The number of carbonyl (C=O) groups excluding carboxylic acids is 1. The molecular formula is C15H18BrNO4. The second kappa shape index (κ2) is 6.47. The average molecular weight is 356 g/mol. The summed E-state index contributed by atoms with van der Waals surface area (Å²) >= 11 is 3.38. The first-order chi connectivity index (χ1) is 9.93. The van der Waals surface area contributed by atoms with Gasteiger partial charge >= 0.3 is 5.97 Å². The van der Waals surface area contributed by atoms with Gasteiger partial charge in [-0.15, -0.1) is 0 Å². The van der Waals surface area contributed by atoms with Crippen LogP contribution in [0.2, 0.25) is 0 Å². The van der Waals surface area contributed by atoms with E-state index in [0.717, 1.165) is 10.0 Å². The highest BCUT2D eigenvalue weighted by atomic mass is 79.9. The number of halogens is 1. The van der Waals surface area contributed by atoms with Gasteiger partial charge < -0.3 is 14.7 Å². The van der Waals surface area contributed by atoms with E-state index < -0.39 is 11.9 Å². The third-order valence-electron chi connectivity index (χ3n) is 3.98. The molecule has 2 unspecified atom stereocenters. The molecule has 5 nitrogen and oxygen atoms in total. The van der Waals surface area contributed by atoms with Gasteiger partial charge in [0.2, 0.25) is 5.91 Å². The summed E-state index contributed by atoms with van der Waals surface area (Å²) in [5, 5.41) is 9.13. The molecule has 114 valence electrons. The fourth-order valence-electron chi connectivity index (χ4n) is 2.77. The first-order valence-corrected chi connectivity index (χ1v) is 7.58. The number of methoxy groups -OCH3 is 1. The normalized spacial score (nSPS) is 21.4. The first-order valence-electron chi connectivity index (χ1n) is 6.78. The number of carboxylic acid groups (broad SMARTS) is 1. The Bertz CT molecular complexity index is 561. The van der Waals surface area contributed by atoms with E-state index in [1.54, 1.807) is 25.0 Å². The van der Waals surface area contributed by atoms with E-state index in [1.165, 1.54) is 0 Å². The summed E-state index contributed by atoms with van der Waals surface area (Å²) in [4.78, 5) is 25.2. The zero-order valence-electron chi connectivity index (χ0n) is 12.0. The van der Waals surface area contributed by atoms with Crippen LogP contribution in [0, 0.1) is 5.92 Å². The van der Waals surface area contributed by atoms with Gasteiger partial charge in [0.25, 0.3) is 0 Å². The Morgan fingerprint density at radius 3 is 2.76 bits per heavy atom. The molecular weight excluding hydrogens is 338 g/mol. The van der Waals surface area contributed by atoms with Crippen LogP contribution in [-0.4, -0.2) is 41.6 Å². The van der Waals surface area contributed by atoms with Crippen molar-refractivity contribution in [1.82, 2.24) is 4.90 Å². The number of carbonyl (C=O) groups is 2. The number of nitrogens with zero attached hydrogens (tertiary/aromatic N) is 1. The third kappa shape index (κ3) is 3.37. The maximum Gasteiger partial charge on any atom is 0.308 e.